The number of rotatable bonds is 3. The number of aromatic nitrogens is 2. The lowest BCUT2D eigenvalue weighted by Crippen LogP contribution is -2.08. The van der Waals surface area contributed by atoms with Crippen molar-refractivity contribution >= 4 is 5.82 Å². The van der Waals surface area contributed by atoms with Gasteiger partial charge < -0.3 is 10.5 Å². The predicted molar refractivity (Wildman–Crippen MR) is 66.4 cm³/mol. The number of nitrogens with two attached hydrogens (primary N) is 1. The molecule has 0 saturated heterocycles. The minimum absolute atomic E-state index is 0.0273. The summed E-state index contributed by atoms with van der Waals surface area (Å²) < 4.78 is 5.55. The largest absolute Gasteiger partial charge is 0.384 e. The smallest absolute Gasteiger partial charge is 0.126 e. The Morgan fingerprint density at radius 1 is 1.29 bits per heavy atom. The number of hydrogen-bond donors (Lipinski definition) is 2. The standard InChI is InChI=1S/C13H15N3O/c1-17-13(6-7-13)10-4-2-9(3-5-10)11-8-15-16-12(11)14/h2-5,8H,6-7H2,1H3,(H3,14,15,16). The fraction of sp³-hybridized carbons (Fsp3) is 0.308. The fourth-order valence-electron chi connectivity index (χ4n) is 2.20. The molecule has 2 aromatic rings. The average Bonchev–Trinajstić information content (AvgIpc) is 3.06. The Hall–Kier alpha value is -1.81. The van der Waals surface area contributed by atoms with Crippen molar-refractivity contribution in [2.75, 3.05) is 12.8 Å². The molecule has 4 heteroatoms. The quantitative estimate of drug-likeness (QED) is 0.848. The topological polar surface area (TPSA) is 63.9 Å². The number of nitrogens with zero attached hydrogens (tertiary/aromatic N) is 1. The van der Waals surface area contributed by atoms with Crippen molar-refractivity contribution in [3.8, 4) is 11.1 Å². The van der Waals surface area contributed by atoms with Crippen molar-refractivity contribution in [1.82, 2.24) is 10.2 Å². The molecule has 0 bridgehead atoms. The molecule has 1 aliphatic rings. The van der Waals surface area contributed by atoms with E-state index in [0.717, 1.165) is 24.0 Å². The maximum atomic E-state index is 5.79. The van der Waals surface area contributed by atoms with Gasteiger partial charge in [0.1, 0.15) is 5.82 Å². The average molecular weight is 229 g/mol. The van der Waals surface area contributed by atoms with Crippen LogP contribution in [0.2, 0.25) is 0 Å². The van der Waals surface area contributed by atoms with E-state index >= 15 is 0 Å². The first kappa shape index (κ1) is 10.4. The Kier molecular flexibility index (Phi) is 2.19. The molecule has 1 heterocycles. The molecule has 4 nitrogen and oxygen atoms in total. The summed E-state index contributed by atoms with van der Waals surface area (Å²) >= 11 is 0. The molecule has 0 amide bonds. The molecular weight excluding hydrogens is 214 g/mol. The van der Waals surface area contributed by atoms with Crippen LogP contribution in [0.5, 0.6) is 0 Å². The van der Waals surface area contributed by atoms with Crippen molar-refractivity contribution in [3.05, 3.63) is 36.0 Å². The molecule has 3 N–H and O–H groups in total. The van der Waals surface area contributed by atoms with Crippen LogP contribution in [0.25, 0.3) is 11.1 Å². The Bertz CT molecular complexity index is 526. The number of hydrogen-bond acceptors (Lipinski definition) is 3. The van der Waals surface area contributed by atoms with E-state index in [9.17, 15) is 0 Å². The van der Waals surface area contributed by atoms with Gasteiger partial charge in [0.05, 0.1) is 11.8 Å². The van der Waals surface area contributed by atoms with E-state index in [-0.39, 0.29) is 5.60 Å². The number of ether oxygens (including phenoxy) is 1. The predicted octanol–water partition coefficient (Wildman–Crippen LogP) is 2.29. The number of H-pyrrole nitrogens is 1. The third-order valence-corrected chi connectivity index (χ3v) is 3.49. The highest BCUT2D eigenvalue weighted by atomic mass is 16.5. The number of benzene rings is 1. The van der Waals surface area contributed by atoms with E-state index < -0.39 is 0 Å². The second kappa shape index (κ2) is 3.60. The van der Waals surface area contributed by atoms with Gasteiger partial charge in [-0.1, -0.05) is 24.3 Å². The van der Waals surface area contributed by atoms with Crippen LogP contribution in [0.1, 0.15) is 18.4 Å². The summed E-state index contributed by atoms with van der Waals surface area (Å²) in [5.74, 6) is 0.602. The summed E-state index contributed by atoms with van der Waals surface area (Å²) in [6, 6.07) is 8.35. The van der Waals surface area contributed by atoms with Gasteiger partial charge in [0.2, 0.25) is 0 Å². The van der Waals surface area contributed by atoms with Gasteiger partial charge in [0.25, 0.3) is 0 Å². The second-order valence-corrected chi connectivity index (χ2v) is 4.47. The van der Waals surface area contributed by atoms with Crippen molar-refractivity contribution in [2.24, 2.45) is 0 Å². The van der Waals surface area contributed by atoms with Gasteiger partial charge in [-0.15, -0.1) is 0 Å². The highest BCUT2D eigenvalue weighted by Crippen LogP contribution is 2.48. The van der Waals surface area contributed by atoms with Crippen LogP contribution < -0.4 is 5.73 Å². The zero-order chi connectivity index (χ0) is 11.9. The lowest BCUT2D eigenvalue weighted by Gasteiger charge is -2.13. The summed E-state index contributed by atoms with van der Waals surface area (Å²) in [4.78, 5) is 0. The normalized spacial score (nSPS) is 17.0. The zero-order valence-electron chi connectivity index (χ0n) is 9.73. The summed E-state index contributed by atoms with van der Waals surface area (Å²) in [6.45, 7) is 0. The van der Waals surface area contributed by atoms with Gasteiger partial charge in [0.15, 0.2) is 0 Å². The summed E-state index contributed by atoms with van der Waals surface area (Å²) in [6.07, 6.45) is 3.96. The lowest BCUT2D eigenvalue weighted by atomic mass is 10.0. The molecule has 1 aliphatic carbocycles. The Labute approximate surface area is 99.8 Å². The maximum Gasteiger partial charge on any atom is 0.126 e. The first-order valence-electron chi connectivity index (χ1n) is 5.70. The van der Waals surface area contributed by atoms with Gasteiger partial charge in [-0.3, -0.25) is 5.10 Å². The number of nitrogen functional groups attached to an aromatic ring is 1. The fourth-order valence-corrected chi connectivity index (χ4v) is 2.20. The van der Waals surface area contributed by atoms with Gasteiger partial charge in [-0.2, -0.15) is 5.10 Å². The van der Waals surface area contributed by atoms with E-state index in [0.29, 0.717) is 5.82 Å². The van der Waals surface area contributed by atoms with E-state index in [2.05, 4.69) is 34.5 Å². The molecule has 3 rings (SSSR count). The number of methoxy groups -OCH3 is 1. The number of anilines is 1. The number of nitrogens with one attached hydrogen (secondary N) is 1. The SMILES string of the molecule is COC1(c2ccc(-c3cn[nH]c3N)cc2)CC1. The second-order valence-electron chi connectivity index (χ2n) is 4.47. The molecule has 17 heavy (non-hydrogen) atoms. The van der Waals surface area contributed by atoms with Crippen LogP contribution >= 0.6 is 0 Å². The minimum atomic E-state index is -0.0273. The van der Waals surface area contributed by atoms with E-state index in [1.54, 1.807) is 13.3 Å². The van der Waals surface area contributed by atoms with Crippen molar-refractivity contribution in [3.63, 3.8) is 0 Å². The molecule has 0 spiro atoms. The molecule has 0 atom stereocenters. The van der Waals surface area contributed by atoms with Crippen LogP contribution in [0.4, 0.5) is 5.82 Å². The van der Waals surface area contributed by atoms with E-state index in [1.165, 1.54) is 5.56 Å². The van der Waals surface area contributed by atoms with Crippen LogP contribution in [0, 0.1) is 0 Å². The van der Waals surface area contributed by atoms with Gasteiger partial charge >= 0.3 is 0 Å². The van der Waals surface area contributed by atoms with Crippen molar-refractivity contribution in [2.45, 2.75) is 18.4 Å². The van der Waals surface area contributed by atoms with E-state index in [4.69, 9.17) is 10.5 Å². The highest BCUT2D eigenvalue weighted by Gasteiger charge is 2.44. The summed E-state index contributed by atoms with van der Waals surface area (Å²) in [7, 11) is 1.77. The third-order valence-electron chi connectivity index (χ3n) is 3.49. The van der Waals surface area contributed by atoms with Gasteiger partial charge in [-0.25, -0.2) is 0 Å². The van der Waals surface area contributed by atoms with Gasteiger partial charge in [0, 0.05) is 12.7 Å². The monoisotopic (exact) mass is 229 g/mol. The summed E-state index contributed by atoms with van der Waals surface area (Å²) in [5, 5.41) is 6.66. The third kappa shape index (κ3) is 1.61. The Morgan fingerprint density at radius 3 is 2.47 bits per heavy atom. The van der Waals surface area contributed by atoms with Crippen LogP contribution in [0.3, 0.4) is 0 Å². The van der Waals surface area contributed by atoms with E-state index in [1.807, 2.05) is 0 Å². The molecule has 1 aromatic heterocycles. The molecule has 0 radical (unpaired) electrons. The zero-order valence-corrected chi connectivity index (χ0v) is 9.73. The van der Waals surface area contributed by atoms with Crippen LogP contribution in [-0.4, -0.2) is 17.3 Å². The molecule has 1 aromatic carbocycles. The lowest BCUT2D eigenvalue weighted by molar-refractivity contribution is 0.0789. The molecule has 0 unspecified atom stereocenters. The molecule has 88 valence electrons. The molecular formula is C13H15N3O. The molecule has 1 saturated carbocycles. The highest BCUT2D eigenvalue weighted by molar-refractivity contribution is 5.73. The van der Waals surface area contributed by atoms with Crippen LogP contribution in [-0.2, 0) is 10.3 Å². The first-order valence-corrected chi connectivity index (χ1v) is 5.70. The van der Waals surface area contributed by atoms with Crippen molar-refractivity contribution < 1.29 is 4.74 Å². The Balaban J connectivity index is 1.93. The minimum Gasteiger partial charge on any atom is -0.384 e. The van der Waals surface area contributed by atoms with Crippen LogP contribution in [0.15, 0.2) is 30.5 Å². The first-order chi connectivity index (χ1) is 8.25. The molecule has 0 aliphatic heterocycles. The maximum absolute atomic E-state index is 5.79. The van der Waals surface area contributed by atoms with Gasteiger partial charge in [-0.05, 0) is 24.0 Å². The number of aromatic amines is 1. The van der Waals surface area contributed by atoms with Crippen molar-refractivity contribution in [1.29, 1.82) is 0 Å². The molecule has 1 fully saturated rings. The Morgan fingerprint density at radius 2 is 2.00 bits per heavy atom. The summed E-state index contributed by atoms with van der Waals surface area (Å²) in [5.41, 5.74) is 9.03.